The topological polar surface area (TPSA) is 230 Å². The highest BCUT2D eigenvalue weighted by Crippen LogP contribution is 2.32. The van der Waals surface area contributed by atoms with Crippen molar-refractivity contribution in [3.8, 4) is 17.0 Å². The van der Waals surface area contributed by atoms with Gasteiger partial charge in [0.25, 0.3) is 0 Å². The summed E-state index contributed by atoms with van der Waals surface area (Å²) in [6, 6.07) is 10.2. The van der Waals surface area contributed by atoms with Gasteiger partial charge in [0.2, 0.25) is 11.8 Å². The average Bonchev–Trinajstić information content (AvgIpc) is 3.15. The van der Waals surface area contributed by atoms with Crippen molar-refractivity contribution in [2.45, 2.75) is 78.7 Å². The molecule has 2 aliphatic rings. The Bertz CT molecular complexity index is 2010. The number of nitrogens with two attached hydrogens (primary N) is 2. The molecule has 2 saturated heterocycles. The number of benzene rings is 1. The van der Waals surface area contributed by atoms with E-state index in [1.54, 1.807) is 95.8 Å². The Labute approximate surface area is 356 Å². The Hall–Kier alpha value is -5.85. The molecule has 0 aliphatic carbocycles. The lowest BCUT2D eigenvalue weighted by Gasteiger charge is -2.41. The summed E-state index contributed by atoms with van der Waals surface area (Å²) in [5, 5.41) is 26.2. The maximum atomic E-state index is 12.9. The van der Waals surface area contributed by atoms with Crippen molar-refractivity contribution < 1.29 is 33.8 Å². The Balaban J connectivity index is 0.000000270. The van der Waals surface area contributed by atoms with Crippen molar-refractivity contribution in [2.24, 2.45) is 0 Å². The fourth-order valence-corrected chi connectivity index (χ4v) is 6.72. The van der Waals surface area contributed by atoms with Crippen molar-refractivity contribution in [2.75, 3.05) is 87.7 Å². The molecule has 3 aromatic rings. The summed E-state index contributed by atoms with van der Waals surface area (Å²) in [6.45, 7) is 17.7. The number of carbonyl (C=O) groups is 4. The number of halogens is 1. The van der Waals surface area contributed by atoms with Gasteiger partial charge in [0.05, 0.1) is 17.1 Å². The number of anilines is 4. The van der Waals surface area contributed by atoms with E-state index in [-0.39, 0.29) is 53.7 Å². The number of nitrogens with zero attached hydrogens (tertiary/aromatic N) is 10. The number of hydrogen-bond donors (Lipinski definition) is 3. The number of aromatic hydroxyl groups is 1. The number of amides is 4. The number of para-hydroxylation sites is 1. The van der Waals surface area contributed by atoms with E-state index in [0.717, 1.165) is 0 Å². The van der Waals surface area contributed by atoms with Crippen LogP contribution in [0.25, 0.3) is 11.3 Å². The molecule has 0 bridgehead atoms. The normalized spacial score (nSPS) is 17.0. The molecular formula is C40H59ClN12O7. The number of hydrogen-bond acceptors (Lipinski definition) is 15. The summed E-state index contributed by atoms with van der Waals surface area (Å²) >= 11 is 5.91. The minimum atomic E-state index is -0.624. The van der Waals surface area contributed by atoms with E-state index >= 15 is 0 Å². The highest BCUT2D eigenvalue weighted by atomic mass is 35.5. The number of ether oxygens (including phenoxy) is 2. The third kappa shape index (κ3) is 12.8. The quantitative estimate of drug-likeness (QED) is 0.306. The molecule has 2 unspecified atom stereocenters. The minimum absolute atomic E-state index is 0.0377. The smallest absolute Gasteiger partial charge is 0.410 e. The lowest BCUT2D eigenvalue weighted by molar-refractivity contribution is -0.135. The number of likely N-dealkylation sites (N-methyl/N-ethyl adjacent to an activating group) is 2. The number of nitrogen functional groups attached to an aromatic ring is 2. The van der Waals surface area contributed by atoms with Crippen LogP contribution < -0.4 is 21.3 Å². The summed E-state index contributed by atoms with van der Waals surface area (Å²) in [5.41, 5.74) is 13.3. The van der Waals surface area contributed by atoms with E-state index in [4.69, 9.17) is 32.5 Å². The summed E-state index contributed by atoms with van der Waals surface area (Å²) in [6.07, 6.45) is -1.05. The molecule has 4 amide bonds. The first-order chi connectivity index (χ1) is 27.9. The van der Waals surface area contributed by atoms with Gasteiger partial charge in [0.15, 0.2) is 16.8 Å². The predicted molar refractivity (Wildman–Crippen MR) is 230 cm³/mol. The second-order valence-electron chi connectivity index (χ2n) is 16.9. The highest BCUT2D eigenvalue weighted by Gasteiger charge is 2.32. The number of rotatable bonds is 7. The molecule has 2 aromatic heterocycles. The Morgan fingerprint density at radius 2 is 1.17 bits per heavy atom. The lowest BCUT2D eigenvalue weighted by atomic mass is 10.1. The standard InChI is InChI=1S/C23H32N6O4.C17H27ClN6O3/c1-15-13-28(10-11-29(15)20(31)14-27(5)22(32)33-23(2,3)4)18-12-17(25-26-21(18)24)16-8-6-7-9-19(16)30;1-11-9-23(12-8-13(18)20-21-15(12)19)6-7-24(11)14(25)10-22(5)16(26)27-17(2,3)4/h6-9,12,15,30H,10-11,13-14H2,1-5H3,(H2,24,26);8,11H,6-7,9-10H2,1-5H3,(H2,19,21). The van der Waals surface area contributed by atoms with E-state index < -0.39 is 23.4 Å². The van der Waals surface area contributed by atoms with Crippen molar-refractivity contribution >= 4 is 58.6 Å². The molecule has 2 atom stereocenters. The van der Waals surface area contributed by atoms with Crippen LogP contribution in [-0.2, 0) is 19.1 Å². The average molecular weight is 855 g/mol. The van der Waals surface area contributed by atoms with Crippen LogP contribution in [0.5, 0.6) is 5.75 Å². The summed E-state index contributed by atoms with van der Waals surface area (Å²) < 4.78 is 10.6. The van der Waals surface area contributed by atoms with Gasteiger partial charge in [-0.1, -0.05) is 23.7 Å². The van der Waals surface area contributed by atoms with Gasteiger partial charge in [0.1, 0.15) is 30.0 Å². The zero-order chi connectivity index (χ0) is 44.7. The molecule has 1 aromatic carbocycles. The molecule has 5 rings (SSSR count). The van der Waals surface area contributed by atoms with Gasteiger partial charge in [-0.15, -0.1) is 20.4 Å². The van der Waals surface area contributed by atoms with Crippen LogP contribution in [0.4, 0.5) is 32.6 Å². The van der Waals surface area contributed by atoms with E-state index in [1.165, 1.54) is 9.80 Å². The monoisotopic (exact) mass is 854 g/mol. The molecule has 2 aliphatic heterocycles. The second kappa shape index (κ2) is 19.5. The van der Waals surface area contributed by atoms with Gasteiger partial charge in [0, 0.05) is 77.1 Å². The van der Waals surface area contributed by atoms with Crippen LogP contribution >= 0.6 is 11.6 Å². The van der Waals surface area contributed by atoms with Gasteiger partial charge >= 0.3 is 12.2 Å². The van der Waals surface area contributed by atoms with Gasteiger partial charge in [-0.25, -0.2) is 9.59 Å². The Kier molecular flexibility index (Phi) is 15.2. The molecule has 2 fully saturated rings. The van der Waals surface area contributed by atoms with Crippen molar-refractivity contribution in [1.29, 1.82) is 0 Å². The zero-order valence-electron chi connectivity index (χ0n) is 36.2. The first-order valence-corrected chi connectivity index (χ1v) is 20.0. The molecule has 0 saturated carbocycles. The molecule has 4 heterocycles. The maximum absolute atomic E-state index is 12.9. The van der Waals surface area contributed by atoms with Crippen LogP contribution in [0.1, 0.15) is 55.4 Å². The van der Waals surface area contributed by atoms with E-state index in [1.807, 2.05) is 24.8 Å². The summed E-state index contributed by atoms with van der Waals surface area (Å²) in [7, 11) is 3.11. The number of phenolic OH excluding ortho intramolecular Hbond substituents is 1. The SMILES string of the molecule is CC1CN(c2cc(-c3ccccc3O)nnc2N)CCN1C(=O)CN(C)C(=O)OC(C)(C)C.CC1CN(c2cc(Cl)nnc2N)CCN1C(=O)CN(C)C(=O)OC(C)(C)C. The van der Waals surface area contributed by atoms with Gasteiger partial charge < -0.3 is 55.4 Å². The van der Waals surface area contributed by atoms with Gasteiger partial charge in [-0.2, -0.15) is 0 Å². The molecule has 5 N–H and O–H groups in total. The molecule has 328 valence electrons. The second-order valence-corrected chi connectivity index (χ2v) is 17.3. The number of aromatic nitrogens is 4. The lowest BCUT2D eigenvalue weighted by Crippen LogP contribution is -2.56. The molecule has 19 nitrogen and oxygen atoms in total. The summed E-state index contributed by atoms with van der Waals surface area (Å²) in [4.78, 5) is 59.9. The van der Waals surface area contributed by atoms with Crippen molar-refractivity contribution in [1.82, 2.24) is 40.0 Å². The highest BCUT2D eigenvalue weighted by molar-refractivity contribution is 6.29. The Morgan fingerprint density at radius 3 is 1.60 bits per heavy atom. The first kappa shape index (κ1) is 46.8. The van der Waals surface area contributed by atoms with Crippen LogP contribution in [-0.4, -0.2) is 159 Å². The zero-order valence-corrected chi connectivity index (χ0v) is 36.9. The predicted octanol–water partition coefficient (Wildman–Crippen LogP) is 3.95. The number of carbonyl (C=O) groups excluding carboxylic acids is 4. The third-order valence-electron chi connectivity index (χ3n) is 9.49. The van der Waals surface area contributed by atoms with Crippen LogP contribution in [0.3, 0.4) is 0 Å². The van der Waals surface area contributed by atoms with Gasteiger partial charge in [-0.05, 0) is 73.6 Å². The van der Waals surface area contributed by atoms with Crippen LogP contribution in [0.15, 0.2) is 36.4 Å². The molecule has 0 spiro atoms. The maximum Gasteiger partial charge on any atom is 0.410 e. The fourth-order valence-electron chi connectivity index (χ4n) is 6.58. The van der Waals surface area contributed by atoms with Crippen LogP contribution in [0, 0.1) is 0 Å². The molecule has 60 heavy (non-hydrogen) atoms. The summed E-state index contributed by atoms with van der Waals surface area (Å²) in [5.74, 6) is 0.419. The van der Waals surface area contributed by atoms with Gasteiger partial charge in [-0.3, -0.25) is 9.59 Å². The van der Waals surface area contributed by atoms with E-state index in [2.05, 4.69) is 25.3 Å². The first-order valence-electron chi connectivity index (χ1n) is 19.6. The molecule has 20 heteroatoms. The molecule has 0 radical (unpaired) electrons. The van der Waals surface area contributed by atoms with Crippen LogP contribution in [0.2, 0.25) is 5.15 Å². The number of phenols is 1. The van der Waals surface area contributed by atoms with Crippen molar-refractivity contribution in [3.05, 3.63) is 41.6 Å². The van der Waals surface area contributed by atoms with E-state index in [9.17, 15) is 24.3 Å². The Morgan fingerprint density at radius 1 is 0.733 bits per heavy atom. The molecular weight excluding hydrogens is 796 g/mol. The fraction of sp³-hybridized carbons (Fsp3) is 0.550. The van der Waals surface area contributed by atoms with E-state index in [0.29, 0.717) is 67.7 Å². The minimum Gasteiger partial charge on any atom is -0.507 e. The van der Waals surface area contributed by atoms with Crippen molar-refractivity contribution in [3.63, 3.8) is 0 Å². The number of piperazine rings is 2. The third-order valence-corrected chi connectivity index (χ3v) is 9.67. The largest absolute Gasteiger partial charge is 0.507 e.